The summed E-state index contributed by atoms with van der Waals surface area (Å²) in [4.78, 5) is 37.2. The second-order valence-electron chi connectivity index (χ2n) is 5.48. The highest BCUT2D eigenvalue weighted by atomic mass is 16.2. The third-order valence-corrected chi connectivity index (χ3v) is 4.34. The minimum atomic E-state index is -0.566. The molecule has 1 saturated heterocycles. The monoisotopic (exact) mass is 287 g/mol. The number of carbonyl (C=O) groups excluding carboxylic acids is 3. The second-order valence-corrected chi connectivity index (χ2v) is 5.48. The van der Waals surface area contributed by atoms with Gasteiger partial charge in [-0.3, -0.25) is 19.7 Å². The van der Waals surface area contributed by atoms with E-state index in [9.17, 15) is 14.4 Å². The normalized spacial score (nSPS) is 21.5. The van der Waals surface area contributed by atoms with Gasteiger partial charge in [-0.1, -0.05) is 6.07 Å². The number of nitrogens with one attached hydrogen (secondary N) is 1. The molecule has 0 aliphatic carbocycles. The fraction of sp³-hybridized carbons (Fsp3) is 0.400. The van der Waals surface area contributed by atoms with Crippen molar-refractivity contribution < 1.29 is 14.4 Å². The van der Waals surface area contributed by atoms with E-state index in [-0.39, 0.29) is 24.1 Å². The van der Waals surface area contributed by atoms with Gasteiger partial charge < -0.3 is 10.6 Å². The Morgan fingerprint density at radius 3 is 2.76 bits per heavy atom. The first-order valence-corrected chi connectivity index (χ1v) is 6.99. The number of nitrogens with two attached hydrogens (primary N) is 1. The average Bonchev–Trinajstić information content (AvgIpc) is 2.78. The van der Waals surface area contributed by atoms with Crippen LogP contribution < -0.4 is 11.1 Å². The largest absolute Gasteiger partial charge is 0.326 e. The van der Waals surface area contributed by atoms with Crippen LogP contribution in [0.3, 0.4) is 0 Å². The summed E-state index contributed by atoms with van der Waals surface area (Å²) >= 11 is 0. The fourth-order valence-corrected chi connectivity index (χ4v) is 3.06. The van der Waals surface area contributed by atoms with Crippen molar-refractivity contribution in [2.45, 2.75) is 38.9 Å². The van der Waals surface area contributed by atoms with Gasteiger partial charge in [0.05, 0.1) is 0 Å². The molecule has 110 valence electrons. The highest BCUT2D eigenvalue weighted by Crippen LogP contribution is 2.30. The Bertz CT molecular complexity index is 654. The zero-order valence-corrected chi connectivity index (χ0v) is 11.8. The van der Waals surface area contributed by atoms with Gasteiger partial charge in [0.15, 0.2) is 0 Å². The van der Waals surface area contributed by atoms with Crippen molar-refractivity contribution in [3.63, 3.8) is 0 Å². The number of imide groups is 1. The standard InChI is InChI=1S/C15H17N3O3/c1-8-9(6-16)2-3-10-11(8)7-18(15(10)21)12-4-5-13(19)17-14(12)20/h2-3,12H,4-7,16H2,1H3,(H,17,19,20). The highest BCUT2D eigenvalue weighted by molar-refractivity contribution is 6.05. The number of nitrogens with zero attached hydrogens (tertiary/aromatic N) is 1. The summed E-state index contributed by atoms with van der Waals surface area (Å²) in [6.07, 6.45) is 0.650. The van der Waals surface area contributed by atoms with E-state index in [1.165, 1.54) is 0 Å². The summed E-state index contributed by atoms with van der Waals surface area (Å²) in [5.41, 5.74) is 9.28. The van der Waals surface area contributed by atoms with E-state index in [0.29, 0.717) is 25.1 Å². The number of carbonyl (C=O) groups is 3. The molecule has 1 aromatic rings. The van der Waals surface area contributed by atoms with Crippen molar-refractivity contribution in [3.05, 3.63) is 34.4 Å². The summed E-state index contributed by atoms with van der Waals surface area (Å²) in [6, 6.07) is 3.07. The summed E-state index contributed by atoms with van der Waals surface area (Å²) < 4.78 is 0. The van der Waals surface area contributed by atoms with Gasteiger partial charge in [-0.2, -0.15) is 0 Å². The molecule has 1 atom stereocenters. The van der Waals surface area contributed by atoms with Crippen molar-refractivity contribution >= 4 is 17.7 Å². The molecule has 2 aliphatic heterocycles. The van der Waals surface area contributed by atoms with Gasteiger partial charge in [0.2, 0.25) is 11.8 Å². The smallest absolute Gasteiger partial charge is 0.255 e. The molecule has 1 unspecified atom stereocenters. The molecule has 1 fully saturated rings. The quantitative estimate of drug-likeness (QED) is 0.761. The fourth-order valence-electron chi connectivity index (χ4n) is 3.06. The summed E-state index contributed by atoms with van der Waals surface area (Å²) in [7, 11) is 0. The number of fused-ring (bicyclic) bond motifs is 1. The lowest BCUT2D eigenvalue weighted by Crippen LogP contribution is -2.52. The Hall–Kier alpha value is -2.21. The number of hydrogen-bond donors (Lipinski definition) is 2. The van der Waals surface area contributed by atoms with E-state index in [1.54, 1.807) is 11.0 Å². The van der Waals surface area contributed by atoms with Crippen molar-refractivity contribution in [2.75, 3.05) is 0 Å². The lowest BCUT2D eigenvalue weighted by atomic mass is 9.99. The number of piperidine rings is 1. The third kappa shape index (κ3) is 2.12. The molecular formula is C15H17N3O3. The predicted octanol–water partition coefficient (Wildman–Crippen LogP) is 0.215. The maximum atomic E-state index is 12.5. The lowest BCUT2D eigenvalue weighted by molar-refractivity contribution is -0.136. The number of rotatable bonds is 2. The Labute approximate surface area is 122 Å². The van der Waals surface area contributed by atoms with Gasteiger partial charge in [-0.15, -0.1) is 0 Å². The first kappa shape index (κ1) is 13.8. The van der Waals surface area contributed by atoms with Crippen molar-refractivity contribution in [1.29, 1.82) is 0 Å². The zero-order valence-electron chi connectivity index (χ0n) is 11.8. The molecule has 0 bridgehead atoms. The van der Waals surface area contributed by atoms with Crippen LogP contribution in [0.15, 0.2) is 12.1 Å². The third-order valence-electron chi connectivity index (χ3n) is 4.34. The maximum Gasteiger partial charge on any atom is 0.255 e. The summed E-state index contributed by atoms with van der Waals surface area (Å²) in [6.45, 7) is 2.77. The molecule has 0 radical (unpaired) electrons. The Morgan fingerprint density at radius 2 is 2.10 bits per heavy atom. The van der Waals surface area contributed by atoms with E-state index < -0.39 is 6.04 Å². The minimum absolute atomic E-state index is 0.147. The highest BCUT2D eigenvalue weighted by Gasteiger charge is 2.39. The average molecular weight is 287 g/mol. The Morgan fingerprint density at radius 1 is 1.33 bits per heavy atom. The van der Waals surface area contributed by atoms with Crippen LogP contribution in [0.25, 0.3) is 0 Å². The van der Waals surface area contributed by atoms with Crippen molar-refractivity contribution in [1.82, 2.24) is 10.2 Å². The summed E-state index contributed by atoms with van der Waals surface area (Å²) in [5, 5.41) is 2.30. The van der Waals surface area contributed by atoms with Gasteiger partial charge in [0.1, 0.15) is 6.04 Å². The number of amides is 3. The minimum Gasteiger partial charge on any atom is -0.326 e. The van der Waals surface area contributed by atoms with Crippen LogP contribution in [0.4, 0.5) is 0 Å². The molecule has 6 heteroatoms. The molecule has 0 saturated carbocycles. The molecule has 1 aromatic carbocycles. The lowest BCUT2D eigenvalue weighted by Gasteiger charge is -2.29. The van der Waals surface area contributed by atoms with Gasteiger partial charge in [-0.25, -0.2) is 0 Å². The van der Waals surface area contributed by atoms with Crippen LogP contribution in [-0.2, 0) is 22.7 Å². The van der Waals surface area contributed by atoms with Crippen LogP contribution in [0.5, 0.6) is 0 Å². The Kier molecular flexibility index (Phi) is 3.25. The van der Waals surface area contributed by atoms with Gasteiger partial charge in [-0.05, 0) is 36.1 Å². The van der Waals surface area contributed by atoms with E-state index in [4.69, 9.17) is 5.73 Å². The topological polar surface area (TPSA) is 92.5 Å². The predicted molar refractivity (Wildman–Crippen MR) is 75.1 cm³/mol. The molecule has 2 heterocycles. The summed E-state index contributed by atoms with van der Waals surface area (Å²) in [5.74, 6) is -0.808. The van der Waals surface area contributed by atoms with E-state index in [0.717, 1.165) is 16.7 Å². The van der Waals surface area contributed by atoms with Crippen LogP contribution in [-0.4, -0.2) is 28.7 Å². The van der Waals surface area contributed by atoms with E-state index >= 15 is 0 Å². The number of hydrogen-bond acceptors (Lipinski definition) is 4. The molecule has 3 N–H and O–H groups in total. The molecule has 3 rings (SSSR count). The van der Waals surface area contributed by atoms with Crippen molar-refractivity contribution in [2.24, 2.45) is 5.73 Å². The van der Waals surface area contributed by atoms with E-state index in [2.05, 4.69) is 5.32 Å². The molecule has 21 heavy (non-hydrogen) atoms. The van der Waals surface area contributed by atoms with Gasteiger partial charge >= 0.3 is 0 Å². The Balaban J connectivity index is 1.92. The SMILES string of the molecule is Cc1c(CN)ccc2c1CN(C1CCC(=O)NC1=O)C2=O. The van der Waals surface area contributed by atoms with E-state index in [1.807, 2.05) is 13.0 Å². The van der Waals surface area contributed by atoms with Crippen LogP contribution in [0, 0.1) is 6.92 Å². The molecular weight excluding hydrogens is 270 g/mol. The molecule has 2 aliphatic rings. The van der Waals surface area contributed by atoms with Crippen LogP contribution in [0.2, 0.25) is 0 Å². The number of benzene rings is 1. The van der Waals surface area contributed by atoms with Gasteiger partial charge in [0, 0.05) is 25.1 Å². The first-order chi connectivity index (χ1) is 10.0. The molecule has 3 amide bonds. The molecule has 6 nitrogen and oxygen atoms in total. The molecule has 0 spiro atoms. The second kappa shape index (κ2) is 4.96. The van der Waals surface area contributed by atoms with Crippen LogP contribution in [0.1, 0.15) is 39.9 Å². The first-order valence-electron chi connectivity index (χ1n) is 6.99. The maximum absolute atomic E-state index is 12.5. The van der Waals surface area contributed by atoms with Crippen molar-refractivity contribution in [3.8, 4) is 0 Å². The van der Waals surface area contributed by atoms with Gasteiger partial charge in [0.25, 0.3) is 5.91 Å². The zero-order chi connectivity index (χ0) is 15.1. The van der Waals surface area contributed by atoms with Crippen LogP contribution >= 0.6 is 0 Å². The molecule has 0 aromatic heterocycles.